The smallest absolute Gasteiger partial charge is 0.231 e. The number of methoxy groups -OCH3 is 1. The molecule has 0 aliphatic carbocycles. The zero-order valence-electron chi connectivity index (χ0n) is 14.6. The first-order valence-corrected chi connectivity index (χ1v) is 8.75. The molecule has 0 unspecified atom stereocenters. The molecular weight excluding hydrogens is 357 g/mol. The summed E-state index contributed by atoms with van der Waals surface area (Å²) in [4.78, 5) is 12.8. The quantitative estimate of drug-likeness (QED) is 0.474. The highest BCUT2D eigenvalue weighted by atomic mass is 35.5. The Balaban J connectivity index is 2.11. The van der Waals surface area contributed by atoms with Crippen molar-refractivity contribution in [1.82, 2.24) is 4.57 Å². The van der Waals surface area contributed by atoms with E-state index < -0.39 is 5.82 Å². The molecule has 0 aliphatic rings. The van der Waals surface area contributed by atoms with Crippen molar-refractivity contribution in [1.29, 1.82) is 0 Å². The van der Waals surface area contributed by atoms with Crippen molar-refractivity contribution in [2.24, 2.45) is 7.05 Å². The molecule has 0 saturated heterocycles. The summed E-state index contributed by atoms with van der Waals surface area (Å²) in [5, 5.41) is 0.286. The van der Waals surface area contributed by atoms with Gasteiger partial charge in [-0.15, -0.1) is 11.6 Å². The van der Waals surface area contributed by atoms with Crippen molar-refractivity contribution in [2.75, 3.05) is 19.6 Å². The first-order valence-electron chi connectivity index (χ1n) is 8.22. The lowest BCUT2D eigenvalue weighted by Crippen LogP contribution is -2.14. The zero-order chi connectivity index (χ0) is 18.7. The average Bonchev–Trinajstić information content (AvgIpc) is 2.65. The summed E-state index contributed by atoms with van der Waals surface area (Å²) in [5.74, 6) is 1.00. The van der Waals surface area contributed by atoms with Gasteiger partial charge in [0.2, 0.25) is 5.43 Å². The van der Waals surface area contributed by atoms with Crippen LogP contribution in [0, 0.1) is 5.82 Å². The Hall–Kier alpha value is -2.53. The van der Waals surface area contributed by atoms with E-state index in [1.807, 2.05) is 35.9 Å². The van der Waals surface area contributed by atoms with Crippen molar-refractivity contribution in [3.05, 3.63) is 58.5 Å². The summed E-state index contributed by atoms with van der Waals surface area (Å²) in [6.45, 7) is 0.548. The van der Waals surface area contributed by atoms with E-state index in [0.717, 1.165) is 17.7 Å². The molecular formula is C20H19ClFNO3. The Kier molecular flexibility index (Phi) is 5.47. The van der Waals surface area contributed by atoms with Crippen molar-refractivity contribution in [3.8, 4) is 22.8 Å². The predicted octanol–water partition coefficient (Wildman–Crippen LogP) is 4.36. The van der Waals surface area contributed by atoms with E-state index in [9.17, 15) is 9.18 Å². The van der Waals surface area contributed by atoms with Crippen LogP contribution in [0.15, 0.2) is 47.3 Å². The topological polar surface area (TPSA) is 40.5 Å². The molecule has 0 bridgehead atoms. The minimum Gasteiger partial charge on any atom is -0.494 e. The van der Waals surface area contributed by atoms with Gasteiger partial charge >= 0.3 is 0 Å². The van der Waals surface area contributed by atoms with Gasteiger partial charge in [-0.3, -0.25) is 4.79 Å². The minimum atomic E-state index is -0.456. The van der Waals surface area contributed by atoms with E-state index in [2.05, 4.69) is 0 Å². The summed E-state index contributed by atoms with van der Waals surface area (Å²) in [7, 11) is 3.26. The Morgan fingerprint density at radius 3 is 2.54 bits per heavy atom. The van der Waals surface area contributed by atoms with Gasteiger partial charge in [0.25, 0.3) is 0 Å². The van der Waals surface area contributed by atoms with Crippen LogP contribution in [0.25, 0.3) is 22.2 Å². The average molecular weight is 376 g/mol. The van der Waals surface area contributed by atoms with Crippen molar-refractivity contribution in [3.63, 3.8) is 0 Å². The van der Waals surface area contributed by atoms with Gasteiger partial charge in [-0.1, -0.05) is 0 Å². The van der Waals surface area contributed by atoms with Gasteiger partial charge in [0.1, 0.15) is 11.6 Å². The Morgan fingerprint density at radius 1 is 1.15 bits per heavy atom. The number of hydrogen-bond donors (Lipinski definition) is 0. The number of aryl methyl sites for hydroxylation is 1. The molecule has 6 heteroatoms. The Labute approximate surface area is 155 Å². The standard InChI is InChI=1S/C20H19ClFNO3/c1-23-17-9-6-14(22)12-16(17)19(24)20(25-2)18(23)13-4-7-15(8-5-13)26-11-3-10-21/h4-9,12H,3,10-11H2,1-2H3. The van der Waals surface area contributed by atoms with E-state index in [1.165, 1.54) is 19.2 Å². The third-order valence-corrected chi connectivity index (χ3v) is 4.47. The highest BCUT2D eigenvalue weighted by molar-refractivity contribution is 6.17. The highest BCUT2D eigenvalue weighted by Gasteiger charge is 2.18. The third kappa shape index (κ3) is 3.40. The van der Waals surface area contributed by atoms with Gasteiger partial charge in [0, 0.05) is 18.5 Å². The lowest BCUT2D eigenvalue weighted by molar-refractivity contribution is 0.318. The second-order valence-electron chi connectivity index (χ2n) is 5.85. The summed E-state index contributed by atoms with van der Waals surface area (Å²) >= 11 is 5.65. The van der Waals surface area contributed by atoms with Gasteiger partial charge in [-0.05, 0) is 48.9 Å². The number of hydrogen-bond acceptors (Lipinski definition) is 3. The van der Waals surface area contributed by atoms with E-state index in [-0.39, 0.29) is 16.6 Å². The molecule has 3 aromatic rings. The van der Waals surface area contributed by atoms with Crippen molar-refractivity contribution in [2.45, 2.75) is 6.42 Å². The number of alkyl halides is 1. The molecule has 0 aliphatic heterocycles. The number of nitrogens with zero attached hydrogens (tertiary/aromatic N) is 1. The molecule has 26 heavy (non-hydrogen) atoms. The molecule has 0 fully saturated rings. The maximum Gasteiger partial charge on any atom is 0.231 e. The Bertz CT molecular complexity index is 983. The van der Waals surface area contributed by atoms with Crippen molar-refractivity contribution >= 4 is 22.5 Å². The lowest BCUT2D eigenvalue weighted by Gasteiger charge is -2.17. The fourth-order valence-electron chi connectivity index (χ4n) is 2.95. The van der Waals surface area contributed by atoms with Gasteiger partial charge in [-0.2, -0.15) is 0 Å². The van der Waals surface area contributed by atoms with Crippen LogP contribution in [0.2, 0.25) is 0 Å². The monoisotopic (exact) mass is 375 g/mol. The van der Waals surface area contributed by atoms with E-state index in [4.69, 9.17) is 21.1 Å². The molecule has 0 amide bonds. The number of pyridine rings is 1. The van der Waals surface area contributed by atoms with Gasteiger partial charge in [-0.25, -0.2) is 4.39 Å². The van der Waals surface area contributed by atoms with Gasteiger partial charge < -0.3 is 14.0 Å². The second-order valence-corrected chi connectivity index (χ2v) is 6.22. The molecule has 4 nitrogen and oxygen atoms in total. The fourth-order valence-corrected chi connectivity index (χ4v) is 3.06. The number of benzene rings is 2. The molecule has 0 atom stereocenters. The largest absolute Gasteiger partial charge is 0.494 e. The van der Waals surface area contributed by atoms with E-state index >= 15 is 0 Å². The van der Waals surface area contributed by atoms with Crippen LogP contribution in [-0.4, -0.2) is 24.2 Å². The molecule has 0 radical (unpaired) electrons. The molecule has 0 N–H and O–H groups in total. The van der Waals surface area contributed by atoms with Gasteiger partial charge in [0.05, 0.1) is 30.3 Å². The second kappa shape index (κ2) is 7.79. The SMILES string of the molecule is COc1c(-c2ccc(OCCCCl)cc2)n(C)c2ccc(F)cc2c1=O. The number of rotatable bonds is 6. The number of ether oxygens (including phenoxy) is 2. The number of fused-ring (bicyclic) bond motifs is 1. The first kappa shape index (κ1) is 18.3. The zero-order valence-corrected chi connectivity index (χ0v) is 15.3. The van der Waals surface area contributed by atoms with Crippen LogP contribution in [0.3, 0.4) is 0 Å². The maximum absolute atomic E-state index is 13.6. The predicted molar refractivity (Wildman–Crippen MR) is 102 cm³/mol. The van der Waals surface area contributed by atoms with E-state index in [0.29, 0.717) is 23.7 Å². The summed E-state index contributed by atoms with van der Waals surface area (Å²) < 4.78 is 26.4. The van der Waals surface area contributed by atoms with Crippen LogP contribution < -0.4 is 14.9 Å². The summed E-state index contributed by atoms with van der Waals surface area (Å²) in [6.07, 6.45) is 0.771. The maximum atomic E-state index is 13.6. The summed E-state index contributed by atoms with van der Waals surface area (Å²) in [6, 6.07) is 11.6. The molecule has 1 aromatic heterocycles. The summed E-state index contributed by atoms with van der Waals surface area (Å²) in [5.41, 5.74) is 1.73. The third-order valence-electron chi connectivity index (χ3n) is 4.20. The molecule has 0 spiro atoms. The number of halogens is 2. The normalized spacial score (nSPS) is 10.9. The number of aromatic nitrogens is 1. The van der Waals surface area contributed by atoms with Crippen LogP contribution in [0.5, 0.6) is 11.5 Å². The fraction of sp³-hybridized carbons (Fsp3) is 0.250. The molecule has 3 rings (SSSR count). The van der Waals surface area contributed by atoms with Crippen LogP contribution in [-0.2, 0) is 7.05 Å². The minimum absolute atomic E-state index is 0.182. The van der Waals surface area contributed by atoms with Gasteiger partial charge in [0.15, 0.2) is 5.75 Å². The van der Waals surface area contributed by atoms with Crippen molar-refractivity contribution < 1.29 is 13.9 Å². The molecule has 0 saturated carbocycles. The first-order chi connectivity index (χ1) is 12.6. The molecule has 2 aromatic carbocycles. The Morgan fingerprint density at radius 2 is 1.88 bits per heavy atom. The van der Waals surface area contributed by atoms with Crippen LogP contribution in [0.1, 0.15) is 6.42 Å². The van der Waals surface area contributed by atoms with Crippen LogP contribution >= 0.6 is 11.6 Å². The molecule has 1 heterocycles. The van der Waals surface area contributed by atoms with Crippen LogP contribution in [0.4, 0.5) is 4.39 Å². The highest BCUT2D eigenvalue weighted by Crippen LogP contribution is 2.31. The lowest BCUT2D eigenvalue weighted by atomic mass is 10.1. The van der Waals surface area contributed by atoms with E-state index in [1.54, 1.807) is 6.07 Å². The molecule has 136 valence electrons.